The lowest BCUT2D eigenvalue weighted by atomic mass is 10.1. The Balaban J connectivity index is 1.83. The van der Waals surface area contributed by atoms with Crippen molar-refractivity contribution in [3.05, 3.63) is 41.4 Å². The number of nitrogens with zero attached hydrogens (tertiary/aromatic N) is 1. The Kier molecular flexibility index (Phi) is 5.31. The van der Waals surface area contributed by atoms with Crippen molar-refractivity contribution >= 4 is 39.9 Å². The lowest BCUT2D eigenvalue weighted by Gasteiger charge is -2.03. The zero-order chi connectivity index (χ0) is 14.4. The third kappa shape index (κ3) is 4.18. The zero-order valence-electron chi connectivity index (χ0n) is 11.0. The summed E-state index contributed by atoms with van der Waals surface area (Å²) in [4.78, 5) is 28.7. The van der Waals surface area contributed by atoms with Gasteiger partial charge in [-0.3, -0.25) is 9.59 Å². The molecule has 0 saturated heterocycles. The Labute approximate surface area is 125 Å². The molecule has 1 N–H and O–H groups in total. The van der Waals surface area contributed by atoms with Crippen LogP contribution in [0.25, 0.3) is 0 Å². The number of anilines is 1. The van der Waals surface area contributed by atoms with Gasteiger partial charge in [0.1, 0.15) is 0 Å². The molecular weight excluding hydrogens is 292 g/mol. The molecule has 0 bridgehead atoms. The monoisotopic (exact) mass is 306 g/mol. The second-order valence-electron chi connectivity index (χ2n) is 4.04. The minimum absolute atomic E-state index is 0.0214. The van der Waals surface area contributed by atoms with Gasteiger partial charge in [-0.1, -0.05) is 12.1 Å². The van der Waals surface area contributed by atoms with Gasteiger partial charge in [0.15, 0.2) is 10.9 Å². The summed E-state index contributed by atoms with van der Waals surface area (Å²) in [6.45, 7) is 0. The van der Waals surface area contributed by atoms with Crippen LogP contribution in [0.15, 0.2) is 40.7 Å². The van der Waals surface area contributed by atoms with Crippen LogP contribution in [0.3, 0.4) is 0 Å². The van der Waals surface area contributed by atoms with Crippen LogP contribution in [0, 0.1) is 0 Å². The number of carbonyl (C=O) groups is 2. The lowest BCUT2D eigenvalue weighted by molar-refractivity contribution is -0.116. The van der Waals surface area contributed by atoms with Gasteiger partial charge < -0.3 is 5.32 Å². The van der Waals surface area contributed by atoms with Crippen molar-refractivity contribution in [3.8, 4) is 0 Å². The van der Waals surface area contributed by atoms with Crippen molar-refractivity contribution in [2.45, 2.75) is 17.7 Å². The molecule has 6 heteroatoms. The molecule has 2 rings (SSSR count). The first-order chi connectivity index (χ1) is 9.69. The summed E-state index contributed by atoms with van der Waals surface area (Å²) >= 11 is 2.98. The van der Waals surface area contributed by atoms with Gasteiger partial charge >= 0.3 is 0 Å². The molecular formula is C14H14N2O2S2. The van der Waals surface area contributed by atoms with Crippen molar-refractivity contribution in [1.29, 1.82) is 0 Å². The van der Waals surface area contributed by atoms with Crippen molar-refractivity contribution in [2.75, 3.05) is 11.6 Å². The SMILES string of the molecule is CSc1ccc(C(=O)CCC(=O)Nc2nccs2)cc1. The van der Waals surface area contributed by atoms with Gasteiger partial charge in [-0.25, -0.2) is 4.98 Å². The maximum absolute atomic E-state index is 12.0. The van der Waals surface area contributed by atoms with Crippen LogP contribution in [0.1, 0.15) is 23.2 Å². The highest BCUT2D eigenvalue weighted by Crippen LogP contribution is 2.16. The predicted octanol–water partition coefficient (Wildman–Crippen LogP) is 3.47. The van der Waals surface area contributed by atoms with Gasteiger partial charge in [0.05, 0.1) is 0 Å². The fraction of sp³-hybridized carbons (Fsp3) is 0.214. The van der Waals surface area contributed by atoms with Gasteiger partial charge in [-0.2, -0.15) is 0 Å². The van der Waals surface area contributed by atoms with Crippen LogP contribution in [0.4, 0.5) is 5.13 Å². The minimum atomic E-state index is -0.186. The molecule has 0 fully saturated rings. The summed E-state index contributed by atoms with van der Waals surface area (Å²) < 4.78 is 0. The molecule has 1 aromatic carbocycles. The fourth-order valence-corrected chi connectivity index (χ4v) is 2.57. The Morgan fingerprint density at radius 3 is 2.60 bits per heavy atom. The van der Waals surface area contributed by atoms with E-state index < -0.39 is 0 Å². The van der Waals surface area contributed by atoms with E-state index in [0.29, 0.717) is 10.7 Å². The molecule has 0 aliphatic heterocycles. The van der Waals surface area contributed by atoms with E-state index in [0.717, 1.165) is 4.90 Å². The van der Waals surface area contributed by atoms with E-state index in [-0.39, 0.29) is 24.5 Å². The molecule has 4 nitrogen and oxygen atoms in total. The topological polar surface area (TPSA) is 59.1 Å². The second kappa shape index (κ2) is 7.21. The Morgan fingerprint density at radius 2 is 2.00 bits per heavy atom. The lowest BCUT2D eigenvalue weighted by Crippen LogP contribution is -2.13. The smallest absolute Gasteiger partial charge is 0.226 e. The molecule has 0 radical (unpaired) electrons. The van der Waals surface area contributed by atoms with Crippen LogP contribution < -0.4 is 5.32 Å². The number of amides is 1. The van der Waals surface area contributed by atoms with E-state index in [2.05, 4.69) is 10.3 Å². The Morgan fingerprint density at radius 1 is 1.25 bits per heavy atom. The van der Waals surface area contributed by atoms with Gasteiger partial charge in [0.2, 0.25) is 5.91 Å². The van der Waals surface area contributed by atoms with Gasteiger partial charge in [-0.05, 0) is 18.4 Å². The molecule has 0 spiro atoms. The number of ketones is 1. The number of carbonyl (C=O) groups excluding carboxylic acids is 2. The standard InChI is InChI=1S/C14H14N2O2S2/c1-19-11-4-2-10(3-5-11)12(17)6-7-13(18)16-14-15-8-9-20-14/h2-5,8-9H,6-7H2,1H3,(H,15,16,18). The molecule has 1 heterocycles. The maximum atomic E-state index is 12.0. The number of thioether (sulfide) groups is 1. The van der Waals surface area contributed by atoms with E-state index in [1.807, 2.05) is 18.4 Å². The number of aromatic nitrogens is 1. The number of hydrogen-bond donors (Lipinski definition) is 1. The largest absolute Gasteiger partial charge is 0.302 e. The quantitative estimate of drug-likeness (QED) is 0.656. The van der Waals surface area contributed by atoms with Crippen LogP contribution in [-0.4, -0.2) is 22.9 Å². The van der Waals surface area contributed by atoms with Crippen LogP contribution in [-0.2, 0) is 4.79 Å². The highest BCUT2D eigenvalue weighted by Gasteiger charge is 2.10. The number of rotatable bonds is 6. The fourth-order valence-electron chi connectivity index (χ4n) is 1.62. The zero-order valence-corrected chi connectivity index (χ0v) is 12.6. The first kappa shape index (κ1) is 14.7. The van der Waals surface area contributed by atoms with Crippen molar-refractivity contribution in [3.63, 3.8) is 0 Å². The molecule has 20 heavy (non-hydrogen) atoms. The van der Waals surface area contributed by atoms with E-state index in [1.165, 1.54) is 11.3 Å². The summed E-state index contributed by atoms with van der Waals surface area (Å²) in [5, 5.41) is 5.01. The summed E-state index contributed by atoms with van der Waals surface area (Å²) in [6.07, 6.45) is 3.98. The van der Waals surface area contributed by atoms with E-state index in [4.69, 9.17) is 0 Å². The normalized spacial score (nSPS) is 10.2. The van der Waals surface area contributed by atoms with E-state index >= 15 is 0 Å². The number of benzene rings is 1. The van der Waals surface area contributed by atoms with Gasteiger partial charge in [-0.15, -0.1) is 23.1 Å². The summed E-state index contributed by atoms with van der Waals surface area (Å²) in [5.74, 6) is -0.207. The van der Waals surface area contributed by atoms with Crippen molar-refractivity contribution < 1.29 is 9.59 Å². The number of thiazole rings is 1. The highest BCUT2D eigenvalue weighted by atomic mass is 32.2. The third-order valence-corrected chi connectivity index (χ3v) is 4.10. The second-order valence-corrected chi connectivity index (χ2v) is 5.81. The molecule has 0 saturated carbocycles. The van der Waals surface area contributed by atoms with E-state index in [1.54, 1.807) is 35.5 Å². The summed E-state index contributed by atoms with van der Waals surface area (Å²) in [6, 6.07) is 7.42. The third-order valence-electron chi connectivity index (χ3n) is 2.67. The first-order valence-electron chi connectivity index (χ1n) is 6.05. The number of hydrogen-bond acceptors (Lipinski definition) is 5. The maximum Gasteiger partial charge on any atom is 0.226 e. The molecule has 0 aliphatic carbocycles. The molecule has 0 atom stereocenters. The van der Waals surface area contributed by atoms with Crippen LogP contribution in [0.2, 0.25) is 0 Å². The van der Waals surface area contributed by atoms with Crippen molar-refractivity contribution in [2.24, 2.45) is 0 Å². The average Bonchev–Trinajstić information content (AvgIpc) is 2.97. The van der Waals surface area contributed by atoms with Gasteiger partial charge in [0, 0.05) is 34.9 Å². The molecule has 0 unspecified atom stereocenters. The van der Waals surface area contributed by atoms with Crippen molar-refractivity contribution in [1.82, 2.24) is 4.98 Å². The molecule has 1 aromatic heterocycles. The summed E-state index contributed by atoms with van der Waals surface area (Å²) in [7, 11) is 0. The number of Topliss-reactive ketones (excluding diaryl/α,β-unsaturated/α-hetero) is 1. The molecule has 2 aromatic rings. The molecule has 104 valence electrons. The van der Waals surface area contributed by atoms with E-state index in [9.17, 15) is 9.59 Å². The Hall–Kier alpha value is -1.66. The Bertz CT molecular complexity index is 580. The molecule has 1 amide bonds. The van der Waals surface area contributed by atoms with Crippen LogP contribution in [0.5, 0.6) is 0 Å². The minimum Gasteiger partial charge on any atom is -0.302 e. The highest BCUT2D eigenvalue weighted by molar-refractivity contribution is 7.98. The average molecular weight is 306 g/mol. The number of nitrogens with one attached hydrogen (secondary N) is 1. The molecule has 0 aliphatic rings. The first-order valence-corrected chi connectivity index (χ1v) is 8.16. The predicted molar refractivity (Wildman–Crippen MR) is 82.5 cm³/mol. The van der Waals surface area contributed by atoms with Gasteiger partial charge in [0.25, 0.3) is 0 Å². The summed E-state index contributed by atoms with van der Waals surface area (Å²) in [5.41, 5.74) is 0.643. The van der Waals surface area contributed by atoms with Crippen LogP contribution >= 0.6 is 23.1 Å².